The maximum atomic E-state index is 12.6. The van der Waals surface area contributed by atoms with E-state index in [4.69, 9.17) is 14.2 Å². The van der Waals surface area contributed by atoms with Crippen LogP contribution in [0.25, 0.3) is 6.08 Å². The normalized spacial score (nSPS) is 13.6. The molecular formula is C30H22N2O6. The van der Waals surface area contributed by atoms with Gasteiger partial charge in [0.2, 0.25) is 5.90 Å². The van der Waals surface area contributed by atoms with Gasteiger partial charge in [-0.1, -0.05) is 60.7 Å². The maximum absolute atomic E-state index is 12.6. The number of rotatable bonds is 9. The van der Waals surface area contributed by atoms with E-state index in [0.717, 1.165) is 11.1 Å². The molecule has 0 radical (unpaired) electrons. The fraction of sp³-hybridized carbons (Fsp3) is 0.0667. The van der Waals surface area contributed by atoms with Gasteiger partial charge in [0.05, 0.1) is 4.92 Å². The molecule has 0 N–H and O–H groups in total. The first-order valence-corrected chi connectivity index (χ1v) is 11.8. The lowest BCUT2D eigenvalue weighted by Crippen LogP contribution is -2.05. The summed E-state index contributed by atoms with van der Waals surface area (Å²) in [5, 5.41) is 10.9. The Hall–Kier alpha value is -5.24. The molecule has 4 aromatic rings. The predicted molar refractivity (Wildman–Crippen MR) is 142 cm³/mol. The Bertz CT molecular complexity index is 1510. The molecule has 8 heteroatoms. The maximum Gasteiger partial charge on any atom is 0.363 e. The summed E-state index contributed by atoms with van der Waals surface area (Å²) in [5.74, 6) is 0.573. The molecule has 1 aliphatic rings. The largest absolute Gasteiger partial charge is 0.489 e. The molecule has 0 saturated heterocycles. The Morgan fingerprint density at radius 2 is 1.45 bits per heavy atom. The van der Waals surface area contributed by atoms with Crippen LogP contribution in [0, 0.1) is 10.1 Å². The van der Waals surface area contributed by atoms with E-state index in [1.807, 2.05) is 60.7 Å². The highest BCUT2D eigenvalue weighted by molar-refractivity contribution is 6.13. The number of aliphatic imine (C=N–C) groups is 1. The fourth-order valence-corrected chi connectivity index (χ4v) is 3.73. The molecule has 8 nitrogen and oxygen atoms in total. The zero-order chi connectivity index (χ0) is 26.3. The van der Waals surface area contributed by atoms with Crippen molar-refractivity contribution in [2.45, 2.75) is 13.2 Å². The Balaban J connectivity index is 1.41. The monoisotopic (exact) mass is 506 g/mol. The van der Waals surface area contributed by atoms with Crippen LogP contribution in [0.5, 0.6) is 11.5 Å². The molecule has 5 rings (SSSR count). The highest BCUT2D eigenvalue weighted by Crippen LogP contribution is 2.30. The van der Waals surface area contributed by atoms with Gasteiger partial charge in [0.1, 0.15) is 24.7 Å². The van der Waals surface area contributed by atoms with Gasteiger partial charge < -0.3 is 14.2 Å². The van der Waals surface area contributed by atoms with Crippen LogP contribution in [-0.4, -0.2) is 16.8 Å². The van der Waals surface area contributed by atoms with E-state index in [2.05, 4.69) is 4.99 Å². The van der Waals surface area contributed by atoms with Gasteiger partial charge in [0.15, 0.2) is 5.70 Å². The number of esters is 1. The molecule has 0 fully saturated rings. The number of ether oxygens (including phenoxy) is 3. The molecule has 0 spiro atoms. The summed E-state index contributed by atoms with van der Waals surface area (Å²) in [6.07, 6.45) is 1.59. The fourth-order valence-electron chi connectivity index (χ4n) is 3.73. The van der Waals surface area contributed by atoms with Gasteiger partial charge in [-0.3, -0.25) is 10.1 Å². The predicted octanol–water partition coefficient (Wildman–Crippen LogP) is 6.10. The number of carbonyl (C=O) groups is 1. The standard InChI is InChI=1S/C30H22N2O6/c33-30-27(31-29(38-30)23-11-14-25(15-12-23)32(34)35)17-24-13-16-26(36-19-21-7-3-1-4-8-21)18-28(24)37-20-22-9-5-2-6-10-22/h1-18H,19-20H2. The van der Waals surface area contributed by atoms with Gasteiger partial charge in [-0.25, -0.2) is 9.79 Å². The van der Waals surface area contributed by atoms with Crippen molar-refractivity contribution in [1.29, 1.82) is 0 Å². The third-order valence-electron chi connectivity index (χ3n) is 5.71. The lowest BCUT2D eigenvalue weighted by molar-refractivity contribution is -0.384. The lowest BCUT2D eigenvalue weighted by atomic mass is 10.1. The number of nitrogens with zero attached hydrogens (tertiary/aromatic N) is 2. The lowest BCUT2D eigenvalue weighted by Gasteiger charge is -2.13. The molecule has 4 aromatic carbocycles. The molecule has 0 aromatic heterocycles. The van der Waals surface area contributed by atoms with Crippen LogP contribution in [0.1, 0.15) is 22.3 Å². The Morgan fingerprint density at radius 3 is 2.08 bits per heavy atom. The second kappa shape index (κ2) is 11.2. The smallest absolute Gasteiger partial charge is 0.363 e. The average molecular weight is 507 g/mol. The van der Waals surface area contributed by atoms with E-state index in [-0.39, 0.29) is 17.3 Å². The van der Waals surface area contributed by atoms with Crippen LogP contribution >= 0.6 is 0 Å². The van der Waals surface area contributed by atoms with Gasteiger partial charge >= 0.3 is 5.97 Å². The van der Waals surface area contributed by atoms with Gasteiger partial charge in [-0.05, 0) is 41.5 Å². The summed E-state index contributed by atoms with van der Waals surface area (Å²) in [6.45, 7) is 0.718. The van der Waals surface area contributed by atoms with Crippen molar-refractivity contribution in [3.8, 4) is 11.5 Å². The quantitative estimate of drug-likeness (QED) is 0.118. The molecule has 0 saturated carbocycles. The first kappa shape index (κ1) is 24.5. The first-order chi connectivity index (χ1) is 18.5. The third kappa shape index (κ3) is 5.93. The second-order valence-corrected chi connectivity index (χ2v) is 8.39. The number of benzene rings is 4. The topological polar surface area (TPSA) is 100 Å². The third-order valence-corrected chi connectivity index (χ3v) is 5.71. The first-order valence-electron chi connectivity index (χ1n) is 11.8. The average Bonchev–Trinajstić information content (AvgIpc) is 3.32. The SMILES string of the molecule is O=C1OC(c2ccc([N+](=O)[O-])cc2)=NC1=Cc1ccc(OCc2ccccc2)cc1OCc1ccccc1. The summed E-state index contributed by atoms with van der Waals surface area (Å²) in [7, 11) is 0. The molecule has 1 aliphatic heterocycles. The molecule has 38 heavy (non-hydrogen) atoms. The Labute approximate surface area is 218 Å². The summed E-state index contributed by atoms with van der Waals surface area (Å²) >= 11 is 0. The molecule has 0 atom stereocenters. The van der Waals surface area contributed by atoms with Crippen LogP contribution in [0.3, 0.4) is 0 Å². The van der Waals surface area contributed by atoms with Crippen molar-refractivity contribution in [2.75, 3.05) is 0 Å². The van der Waals surface area contributed by atoms with Crippen LogP contribution in [0.2, 0.25) is 0 Å². The zero-order valence-electron chi connectivity index (χ0n) is 20.2. The van der Waals surface area contributed by atoms with Crippen molar-refractivity contribution in [3.05, 3.63) is 141 Å². The molecule has 188 valence electrons. The van der Waals surface area contributed by atoms with Gasteiger partial charge in [0, 0.05) is 29.3 Å². The van der Waals surface area contributed by atoms with Crippen LogP contribution < -0.4 is 9.47 Å². The van der Waals surface area contributed by atoms with Crippen LogP contribution in [0.15, 0.2) is 114 Å². The zero-order valence-corrected chi connectivity index (χ0v) is 20.2. The number of nitro groups is 1. The summed E-state index contributed by atoms with van der Waals surface area (Å²) in [6, 6.07) is 30.5. The number of cyclic esters (lactones) is 1. The van der Waals surface area contributed by atoms with E-state index in [9.17, 15) is 14.9 Å². The molecule has 1 heterocycles. The van der Waals surface area contributed by atoms with Crippen molar-refractivity contribution in [3.63, 3.8) is 0 Å². The second-order valence-electron chi connectivity index (χ2n) is 8.39. The van der Waals surface area contributed by atoms with E-state index in [1.54, 1.807) is 24.3 Å². The Kier molecular flexibility index (Phi) is 7.22. The molecule has 0 unspecified atom stereocenters. The molecule has 0 bridgehead atoms. The number of non-ortho nitro benzene ring substituents is 1. The van der Waals surface area contributed by atoms with Gasteiger partial charge in [0.25, 0.3) is 5.69 Å². The van der Waals surface area contributed by atoms with Gasteiger partial charge in [-0.2, -0.15) is 0 Å². The van der Waals surface area contributed by atoms with Crippen molar-refractivity contribution in [1.82, 2.24) is 0 Å². The highest BCUT2D eigenvalue weighted by atomic mass is 16.6. The summed E-state index contributed by atoms with van der Waals surface area (Å²) in [4.78, 5) is 27.3. The number of hydrogen-bond donors (Lipinski definition) is 0. The van der Waals surface area contributed by atoms with E-state index >= 15 is 0 Å². The van der Waals surface area contributed by atoms with Crippen molar-refractivity contribution < 1.29 is 23.9 Å². The van der Waals surface area contributed by atoms with Crippen molar-refractivity contribution in [2.24, 2.45) is 4.99 Å². The number of hydrogen-bond acceptors (Lipinski definition) is 7. The van der Waals surface area contributed by atoms with E-state index in [1.165, 1.54) is 24.3 Å². The Morgan fingerprint density at radius 1 is 0.816 bits per heavy atom. The van der Waals surface area contributed by atoms with E-state index < -0.39 is 10.9 Å². The number of carbonyl (C=O) groups excluding carboxylic acids is 1. The minimum Gasteiger partial charge on any atom is -0.489 e. The molecule has 0 amide bonds. The van der Waals surface area contributed by atoms with Crippen LogP contribution in [0.4, 0.5) is 5.69 Å². The van der Waals surface area contributed by atoms with Crippen molar-refractivity contribution >= 4 is 23.6 Å². The summed E-state index contributed by atoms with van der Waals surface area (Å²) < 4.78 is 17.4. The number of nitro benzene ring substituents is 1. The minimum atomic E-state index is -0.628. The van der Waals surface area contributed by atoms with Gasteiger partial charge in [-0.15, -0.1) is 0 Å². The van der Waals surface area contributed by atoms with E-state index in [0.29, 0.717) is 35.8 Å². The highest BCUT2D eigenvalue weighted by Gasteiger charge is 2.25. The molecular weight excluding hydrogens is 484 g/mol. The van der Waals surface area contributed by atoms with Crippen LogP contribution in [-0.2, 0) is 22.7 Å². The summed E-state index contributed by atoms with van der Waals surface area (Å²) in [5.41, 5.74) is 3.11. The molecule has 0 aliphatic carbocycles. The minimum absolute atomic E-state index is 0.0655.